The summed E-state index contributed by atoms with van der Waals surface area (Å²) in [7, 11) is 0. The fraction of sp³-hybridized carbons (Fsp3) is 0.200. The number of nitrogens with two attached hydrogens (primary N) is 1. The highest BCUT2D eigenvalue weighted by molar-refractivity contribution is 5.39. The molecule has 0 radical (unpaired) electrons. The van der Waals surface area contributed by atoms with E-state index in [9.17, 15) is 0 Å². The molecule has 0 spiro atoms. The van der Waals surface area contributed by atoms with E-state index in [0.29, 0.717) is 6.61 Å². The van der Waals surface area contributed by atoms with Gasteiger partial charge in [0, 0.05) is 0 Å². The number of hydrogen-bond donors (Lipinski definition) is 1. The second kappa shape index (κ2) is 6.07. The molecule has 0 saturated heterocycles. The average molecular weight is 243 g/mol. The van der Waals surface area contributed by atoms with Gasteiger partial charge in [-0.25, -0.2) is 0 Å². The largest absolute Gasteiger partial charge is 0.489 e. The van der Waals surface area contributed by atoms with Gasteiger partial charge in [-0.2, -0.15) is 0 Å². The van der Waals surface area contributed by atoms with E-state index in [-0.39, 0.29) is 6.73 Å². The van der Waals surface area contributed by atoms with E-state index in [1.807, 2.05) is 55.5 Å². The lowest BCUT2D eigenvalue weighted by molar-refractivity contribution is 0.302. The van der Waals surface area contributed by atoms with Crippen LogP contribution >= 0.6 is 0 Å². The van der Waals surface area contributed by atoms with Crippen LogP contribution in [0.2, 0.25) is 0 Å². The first-order valence-electron chi connectivity index (χ1n) is 5.90. The number of benzene rings is 2. The van der Waals surface area contributed by atoms with Crippen molar-refractivity contribution in [3.63, 3.8) is 0 Å². The Bertz CT molecular complexity index is 497. The van der Waals surface area contributed by atoms with E-state index in [0.717, 1.165) is 22.6 Å². The van der Waals surface area contributed by atoms with Gasteiger partial charge in [0.2, 0.25) is 0 Å². The van der Waals surface area contributed by atoms with Gasteiger partial charge in [0.1, 0.15) is 24.8 Å². The summed E-state index contributed by atoms with van der Waals surface area (Å²) in [6, 6.07) is 15.8. The van der Waals surface area contributed by atoms with Gasteiger partial charge in [0.15, 0.2) is 0 Å². The van der Waals surface area contributed by atoms with Crippen LogP contribution in [0.4, 0.5) is 0 Å². The Morgan fingerprint density at radius 2 is 1.78 bits per heavy atom. The Kier molecular flexibility index (Phi) is 4.20. The number of ether oxygens (including phenoxy) is 2. The van der Waals surface area contributed by atoms with Crippen molar-refractivity contribution in [2.24, 2.45) is 5.73 Å². The van der Waals surface area contributed by atoms with Crippen LogP contribution in [0.5, 0.6) is 11.5 Å². The summed E-state index contributed by atoms with van der Waals surface area (Å²) < 4.78 is 11.0. The Hall–Kier alpha value is -2.00. The molecule has 0 aromatic heterocycles. The molecule has 0 saturated carbocycles. The second-order valence-corrected chi connectivity index (χ2v) is 4.01. The fourth-order valence-corrected chi connectivity index (χ4v) is 1.70. The quantitative estimate of drug-likeness (QED) is 0.821. The number of rotatable bonds is 5. The summed E-state index contributed by atoms with van der Waals surface area (Å²) in [5, 5.41) is 0. The summed E-state index contributed by atoms with van der Waals surface area (Å²) >= 11 is 0. The van der Waals surface area contributed by atoms with Gasteiger partial charge in [-0.3, -0.25) is 5.73 Å². The summed E-state index contributed by atoms with van der Waals surface area (Å²) in [6.07, 6.45) is 0. The monoisotopic (exact) mass is 243 g/mol. The molecular weight excluding hydrogens is 226 g/mol. The van der Waals surface area contributed by atoms with E-state index < -0.39 is 0 Å². The molecule has 0 heterocycles. The zero-order valence-corrected chi connectivity index (χ0v) is 10.4. The van der Waals surface area contributed by atoms with Gasteiger partial charge in [-0.05, 0) is 36.2 Å². The molecule has 0 bridgehead atoms. The summed E-state index contributed by atoms with van der Waals surface area (Å²) in [4.78, 5) is 0. The van der Waals surface area contributed by atoms with Crippen LogP contribution in [0.1, 0.15) is 11.1 Å². The first-order valence-corrected chi connectivity index (χ1v) is 5.90. The molecule has 2 N–H and O–H groups in total. The third-order valence-corrected chi connectivity index (χ3v) is 2.63. The Balaban J connectivity index is 2.00. The molecule has 0 atom stereocenters. The summed E-state index contributed by atoms with van der Waals surface area (Å²) in [5.74, 6) is 1.63. The molecule has 2 aromatic carbocycles. The van der Waals surface area contributed by atoms with Gasteiger partial charge in [-0.15, -0.1) is 0 Å². The van der Waals surface area contributed by atoms with Crippen molar-refractivity contribution in [1.82, 2.24) is 0 Å². The van der Waals surface area contributed by atoms with Crippen LogP contribution < -0.4 is 15.2 Å². The van der Waals surface area contributed by atoms with Crippen molar-refractivity contribution in [3.8, 4) is 11.5 Å². The highest BCUT2D eigenvalue weighted by Gasteiger charge is 2.01. The molecule has 0 amide bonds. The molecule has 0 aliphatic rings. The predicted molar refractivity (Wildman–Crippen MR) is 71.6 cm³/mol. The standard InChI is InChI=1S/C15H17NO2/c1-12-9-14(7-8-15(12)18-11-16)17-10-13-5-3-2-4-6-13/h2-9H,10-11,16H2,1H3. The average Bonchev–Trinajstić information content (AvgIpc) is 2.41. The Morgan fingerprint density at radius 1 is 1.00 bits per heavy atom. The first-order chi connectivity index (χ1) is 8.79. The Morgan fingerprint density at radius 3 is 2.44 bits per heavy atom. The highest BCUT2D eigenvalue weighted by atomic mass is 16.5. The van der Waals surface area contributed by atoms with Crippen LogP contribution in [0.3, 0.4) is 0 Å². The minimum absolute atomic E-state index is 0.186. The highest BCUT2D eigenvalue weighted by Crippen LogP contribution is 2.23. The molecule has 0 unspecified atom stereocenters. The van der Waals surface area contributed by atoms with E-state index in [4.69, 9.17) is 15.2 Å². The lowest BCUT2D eigenvalue weighted by Gasteiger charge is -2.10. The molecule has 2 rings (SSSR count). The Labute approximate surface area is 107 Å². The van der Waals surface area contributed by atoms with Crippen LogP contribution in [0.15, 0.2) is 48.5 Å². The smallest absolute Gasteiger partial charge is 0.137 e. The number of aryl methyl sites for hydroxylation is 1. The molecule has 0 fully saturated rings. The third kappa shape index (κ3) is 3.25. The minimum Gasteiger partial charge on any atom is -0.489 e. The second-order valence-electron chi connectivity index (χ2n) is 4.01. The molecule has 2 aromatic rings. The van der Waals surface area contributed by atoms with Crippen molar-refractivity contribution in [2.45, 2.75) is 13.5 Å². The lowest BCUT2D eigenvalue weighted by atomic mass is 10.2. The van der Waals surface area contributed by atoms with Crippen molar-refractivity contribution in [3.05, 3.63) is 59.7 Å². The molecular formula is C15H17NO2. The topological polar surface area (TPSA) is 44.5 Å². The maximum atomic E-state index is 5.72. The van der Waals surface area contributed by atoms with E-state index in [1.165, 1.54) is 0 Å². The zero-order valence-electron chi connectivity index (χ0n) is 10.4. The predicted octanol–water partition coefficient (Wildman–Crippen LogP) is 2.87. The number of hydrogen-bond acceptors (Lipinski definition) is 3. The van der Waals surface area contributed by atoms with Gasteiger partial charge in [0.05, 0.1) is 0 Å². The molecule has 94 valence electrons. The van der Waals surface area contributed by atoms with Crippen LogP contribution in [-0.4, -0.2) is 6.73 Å². The maximum Gasteiger partial charge on any atom is 0.137 e. The van der Waals surface area contributed by atoms with Crippen molar-refractivity contribution >= 4 is 0 Å². The van der Waals surface area contributed by atoms with E-state index in [1.54, 1.807) is 0 Å². The molecule has 18 heavy (non-hydrogen) atoms. The van der Waals surface area contributed by atoms with Crippen molar-refractivity contribution in [2.75, 3.05) is 6.73 Å². The SMILES string of the molecule is Cc1cc(OCc2ccccc2)ccc1OCN. The van der Waals surface area contributed by atoms with Crippen molar-refractivity contribution < 1.29 is 9.47 Å². The van der Waals surface area contributed by atoms with E-state index >= 15 is 0 Å². The first kappa shape index (κ1) is 12.5. The molecule has 3 heteroatoms. The zero-order chi connectivity index (χ0) is 12.8. The summed E-state index contributed by atoms with van der Waals surface area (Å²) in [5.41, 5.74) is 7.52. The maximum absolute atomic E-state index is 5.72. The molecule has 3 nitrogen and oxygen atoms in total. The van der Waals surface area contributed by atoms with Crippen LogP contribution in [-0.2, 0) is 6.61 Å². The van der Waals surface area contributed by atoms with Crippen LogP contribution in [0, 0.1) is 6.92 Å². The summed E-state index contributed by atoms with van der Waals surface area (Å²) in [6.45, 7) is 2.73. The molecule has 0 aliphatic carbocycles. The van der Waals surface area contributed by atoms with Gasteiger partial charge < -0.3 is 9.47 Å². The van der Waals surface area contributed by atoms with Crippen LogP contribution in [0.25, 0.3) is 0 Å². The van der Waals surface area contributed by atoms with Crippen molar-refractivity contribution in [1.29, 1.82) is 0 Å². The van der Waals surface area contributed by atoms with Gasteiger partial charge in [0.25, 0.3) is 0 Å². The minimum atomic E-state index is 0.186. The van der Waals surface area contributed by atoms with Gasteiger partial charge in [-0.1, -0.05) is 30.3 Å². The lowest BCUT2D eigenvalue weighted by Crippen LogP contribution is -2.08. The van der Waals surface area contributed by atoms with E-state index in [2.05, 4.69) is 0 Å². The fourth-order valence-electron chi connectivity index (χ4n) is 1.70. The third-order valence-electron chi connectivity index (χ3n) is 2.63. The normalized spacial score (nSPS) is 10.1. The van der Waals surface area contributed by atoms with Gasteiger partial charge >= 0.3 is 0 Å². The molecule has 0 aliphatic heterocycles.